The van der Waals surface area contributed by atoms with E-state index in [-0.39, 0.29) is 0 Å². The molecular formula is C18H23N3. The Morgan fingerprint density at radius 1 is 1.10 bits per heavy atom. The summed E-state index contributed by atoms with van der Waals surface area (Å²) in [6.45, 7) is 10.4. The molecule has 0 aliphatic rings. The Kier molecular flexibility index (Phi) is 4.80. The van der Waals surface area contributed by atoms with Gasteiger partial charge in [0.05, 0.1) is 11.6 Å². The van der Waals surface area contributed by atoms with Crippen molar-refractivity contribution in [2.24, 2.45) is 0 Å². The molecule has 1 aromatic carbocycles. The van der Waals surface area contributed by atoms with E-state index in [4.69, 9.17) is 10.2 Å². The summed E-state index contributed by atoms with van der Waals surface area (Å²) in [6, 6.07) is 8.80. The van der Waals surface area contributed by atoms with E-state index in [2.05, 4.69) is 56.9 Å². The summed E-state index contributed by atoms with van der Waals surface area (Å²) in [6.07, 6.45) is 1.30. The number of fused-ring (bicyclic) bond motifs is 1. The number of pyridine rings is 1. The molecule has 0 radical (unpaired) electrons. The number of benzene rings is 1. The molecule has 3 heteroatoms. The first kappa shape index (κ1) is 15.3. The van der Waals surface area contributed by atoms with E-state index >= 15 is 0 Å². The van der Waals surface area contributed by atoms with Gasteiger partial charge in [-0.25, -0.2) is 4.98 Å². The van der Waals surface area contributed by atoms with Gasteiger partial charge in [-0.1, -0.05) is 0 Å². The van der Waals surface area contributed by atoms with Crippen LogP contribution in [0, 0.1) is 25.2 Å². The van der Waals surface area contributed by atoms with Crippen LogP contribution in [0.4, 0.5) is 5.82 Å². The number of aryl methyl sites for hydroxylation is 3. The van der Waals surface area contributed by atoms with E-state index in [9.17, 15) is 0 Å². The lowest BCUT2D eigenvalue weighted by Gasteiger charge is -2.23. The first-order valence-electron chi connectivity index (χ1n) is 7.63. The van der Waals surface area contributed by atoms with Crippen LogP contribution in [0.5, 0.6) is 0 Å². The van der Waals surface area contributed by atoms with Gasteiger partial charge >= 0.3 is 0 Å². The predicted octanol–water partition coefficient (Wildman–Crippen LogP) is 4.15. The van der Waals surface area contributed by atoms with Gasteiger partial charge in [0.1, 0.15) is 5.82 Å². The van der Waals surface area contributed by atoms with Crippen molar-refractivity contribution in [3.63, 3.8) is 0 Å². The summed E-state index contributed by atoms with van der Waals surface area (Å²) in [5, 5.41) is 10.0. The van der Waals surface area contributed by atoms with Crippen molar-refractivity contribution in [3.05, 3.63) is 34.9 Å². The fourth-order valence-electron chi connectivity index (χ4n) is 2.65. The molecular weight excluding hydrogens is 258 g/mol. The van der Waals surface area contributed by atoms with Crippen molar-refractivity contribution < 1.29 is 0 Å². The van der Waals surface area contributed by atoms with Crippen LogP contribution in [0.3, 0.4) is 0 Å². The van der Waals surface area contributed by atoms with Crippen LogP contribution in [0.2, 0.25) is 0 Å². The van der Waals surface area contributed by atoms with Crippen molar-refractivity contribution in [2.75, 3.05) is 18.0 Å². The van der Waals surface area contributed by atoms with Crippen LogP contribution in [0.15, 0.2) is 18.2 Å². The van der Waals surface area contributed by atoms with E-state index in [1.54, 1.807) is 0 Å². The summed E-state index contributed by atoms with van der Waals surface area (Å²) in [4.78, 5) is 7.15. The largest absolute Gasteiger partial charge is 0.357 e. The minimum Gasteiger partial charge on any atom is -0.357 e. The highest BCUT2D eigenvalue weighted by molar-refractivity contribution is 5.83. The number of rotatable bonds is 5. The summed E-state index contributed by atoms with van der Waals surface area (Å²) >= 11 is 0. The van der Waals surface area contributed by atoms with Gasteiger partial charge in [-0.3, -0.25) is 0 Å². The number of nitrogens with zero attached hydrogens (tertiary/aromatic N) is 3. The standard InChI is InChI=1S/C18H23N3/c1-5-21(6-2)18-15(8-7-9-19)12-16-10-13(3)14(4)11-17(16)20-18/h10-12H,5-8H2,1-4H3. The molecule has 1 heterocycles. The quantitative estimate of drug-likeness (QED) is 0.826. The molecule has 2 aromatic rings. The Bertz CT molecular complexity index is 679. The number of hydrogen-bond donors (Lipinski definition) is 0. The zero-order chi connectivity index (χ0) is 15.4. The Morgan fingerprint density at radius 3 is 2.38 bits per heavy atom. The van der Waals surface area contributed by atoms with Crippen LogP contribution >= 0.6 is 0 Å². The molecule has 0 aliphatic carbocycles. The highest BCUT2D eigenvalue weighted by Crippen LogP contribution is 2.26. The Labute approximate surface area is 127 Å². The van der Waals surface area contributed by atoms with Gasteiger partial charge in [0, 0.05) is 24.9 Å². The Morgan fingerprint density at radius 2 is 1.76 bits per heavy atom. The molecule has 0 N–H and O–H groups in total. The fraction of sp³-hybridized carbons (Fsp3) is 0.444. The lowest BCUT2D eigenvalue weighted by molar-refractivity contribution is 0.833. The second kappa shape index (κ2) is 6.58. The molecule has 0 saturated heterocycles. The van der Waals surface area contributed by atoms with Crippen molar-refractivity contribution in [2.45, 2.75) is 40.5 Å². The molecule has 0 bridgehead atoms. The Balaban J connectivity index is 2.62. The van der Waals surface area contributed by atoms with Gasteiger partial charge in [0.2, 0.25) is 0 Å². The highest BCUT2D eigenvalue weighted by Gasteiger charge is 2.12. The molecule has 0 aliphatic heterocycles. The lowest BCUT2D eigenvalue weighted by atomic mass is 10.0. The third kappa shape index (κ3) is 3.16. The molecule has 21 heavy (non-hydrogen) atoms. The van der Waals surface area contributed by atoms with E-state index < -0.39 is 0 Å². The van der Waals surface area contributed by atoms with Crippen molar-refractivity contribution >= 4 is 16.7 Å². The Hall–Kier alpha value is -2.08. The van der Waals surface area contributed by atoms with Gasteiger partial charge in [-0.2, -0.15) is 5.26 Å². The van der Waals surface area contributed by atoms with Crippen molar-refractivity contribution in [3.8, 4) is 6.07 Å². The first-order chi connectivity index (χ1) is 10.1. The average molecular weight is 281 g/mol. The van der Waals surface area contributed by atoms with Crippen LogP contribution in [0.25, 0.3) is 10.9 Å². The van der Waals surface area contributed by atoms with E-state index in [1.165, 1.54) is 22.1 Å². The second-order valence-corrected chi connectivity index (χ2v) is 5.43. The van der Waals surface area contributed by atoms with Crippen LogP contribution in [-0.2, 0) is 6.42 Å². The maximum absolute atomic E-state index is 8.88. The van der Waals surface area contributed by atoms with Crippen LogP contribution < -0.4 is 4.90 Å². The number of anilines is 1. The first-order valence-corrected chi connectivity index (χ1v) is 7.63. The van der Waals surface area contributed by atoms with Gasteiger partial charge in [-0.05, 0) is 69.0 Å². The van der Waals surface area contributed by atoms with Crippen molar-refractivity contribution in [1.82, 2.24) is 4.98 Å². The van der Waals surface area contributed by atoms with E-state index in [0.717, 1.165) is 30.8 Å². The third-order valence-corrected chi connectivity index (χ3v) is 4.06. The van der Waals surface area contributed by atoms with Gasteiger partial charge < -0.3 is 4.90 Å². The molecule has 3 nitrogen and oxygen atoms in total. The molecule has 0 saturated carbocycles. The molecule has 2 rings (SSSR count). The summed E-state index contributed by atoms with van der Waals surface area (Å²) in [5.74, 6) is 1.03. The minimum absolute atomic E-state index is 0.534. The topological polar surface area (TPSA) is 39.9 Å². The molecule has 0 spiro atoms. The highest BCUT2D eigenvalue weighted by atomic mass is 15.2. The van der Waals surface area contributed by atoms with Gasteiger partial charge in [0.15, 0.2) is 0 Å². The normalized spacial score (nSPS) is 10.6. The van der Waals surface area contributed by atoms with Crippen LogP contribution in [0.1, 0.15) is 37.0 Å². The van der Waals surface area contributed by atoms with Gasteiger partial charge in [-0.15, -0.1) is 0 Å². The van der Waals surface area contributed by atoms with E-state index in [0.29, 0.717) is 6.42 Å². The second-order valence-electron chi connectivity index (χ2n) is 5.43. The molecule has 1 aromatic heterocycles. The smallest absolute Gasteiger partial charge is 0.132 e. The molecule has 0 unspecified atom stereocenters. The SMILES string of the molecule is CCN(CC)c1nc2cc(C)c(C)cc2cc1CCC#N. The fourth-order valence-corrected chi connectivity index (χ4v) is 2.65. The zero-order valence-electron chi connectivity index (χ0n) is 13.4. The predicted molar refractivity (Wildman–Crippen MR) is 88.7 cm³/mol. The number of hydrogen-bond acceptors (Lipinski definition) is 3. The van der Waals surface area contributed by atoms with E-state index in [1.807, 2.05) is 0 Å². The number of nitriles is 1. The molecule has 0 fully saturated rings. The minimum atomic E-state index is 0.534. The van der Waals surface area contributed by atoms with Crippen LogP contribution in [-0.4, -0.2) is 18.1 Å². The maximum atomic E-state index is 8.88. The molecule has 110 valence electrons. The third-order valence-electron chi connectivity index (χ3n) is 4.06. The molecule has 0 atom stereocenters. The summed E-state index contributed by atoms with van der Waals surface area (Å²) < 4.78 is 0. The monoisotopic (exact) mass is 281 g/mol. The van der Waals surface area contributed by atoms with Crippen molar-refractivity contribution in [1.29, 1.82) is 5.26 Å². The lowest BCUT2D eigenvalue weighted by Crippen LogP contribution is -2.24. The average Bonchev–Trinajstić information content (AvgIpc) is 2.48. The summed E-state index contributed by atoms with van der Waals surface area (Å²) in [5.41, 5.74) is 4.77. The summed E-state index contributed by atoms with van der Waals surface area (Å²) in [7, 11) is 0. The zero-order valence-corrected chi connectivity index (χ0v) is 13.4. The number of aromatic nitrogens is 1. The maximum Gasteiger partial charge on any atom is 0.132 e. The van der Waals surface area contributed by atoms with Gasteiger partial charge in [0.25, 0.3) is 0 Å². The molecule has 0 amide bonds.